The highest BCUT2D eigenvalue weighted by Gasteiger charge is 2.21. The monoisotopic (exact) mass is 243 g/mol. The van der Waals surface area contributed by atoms with Crippen LogP contribution in [0.25, 0.3) is 0 Å². The van der Waals surface area contributed by atoms with Crippen molar-refractivity contribution in [1.82, 2.24) is 5.32 Å². The fraction of sp³-hybridized carbons (Fsp3) is 0.529. The van der Waals surface area contributed by atoms with Gasteiger partial charge in [-0.05, 0) is 30.7 Å². The summed E-state index contributed by atoms with van der Waals surface area (Å²) in [6.07, 6.45) is 10.2. The van der Waals surface area contributed by atoms with Gasteiger partial charge in [-0.15, -0.1) is 6.58 Å². The molecule has 0 aromatic heterocycles. The number of hydrogen-bond acceptors (Lipinski definition) is 1. The average Bonchev–Trinajstić information content (AvgIpc) is 2.45. The van der Waals surface area contributed by atoms with E-state index in [-0.39, 0.29) is 0 Å². The first-order chi connectivity index (χ1) is 8.90. The van der Waals surface area contributed by atoms with Crippen molar-refractivity contribution in [2.75, 3.05) is 0 Å². The molecule has 0 radical (unpaired) electrons. The molecule has 0 saturated heterocycles. The maximum absolute atomic E-state index is 3.91. The average molecular weight is 243 g/mol. The van der Waals surface area contributed by atoms with Gasteiger partial charge in [-0.3, -0.25) is 0 Å². The number of nitrogens with one attached hydrogen (secondary N) is 1. The molecular weight excluding hydrogens is 218 g/mol. The predicted molar refractivity (Wildman–Crippen MR) is 78.5 cm³/mol. The maximum Gasteiger partial charge on any atom is 0.0208 e. The second kappa shape index (κ2) is 7.38. The van der Waals surface area contributed by atoms with Gasteiger partial charge in [0.25, 0.3) is 0 Å². The first kappa shape index (κ1) is 13.4. The van der Waals surface area contributed by atoms with Crippen molar-refractivity contribution in [1.29, 1.82) is 0 Å². The van der Waals surface area contributed by atoms with Gasteiger partial charge in [-0.1, -0.05) is 55.7 Å². The zero-order chi connectivity index (χ0) is 12.6. The second-order valence-corrected chi connectivity index (χ2v) is 5.40. The minimum atomic E-state index is 0.614. The van der Waals surface area contributed by atoms with E-state index in [0.717, 1.165) is 18.9 Å². The zero-order valence-electron chi connectivity index (χ0n) is 11.3. The lowest BCUT2D eigenvalue weighted by Crippen LogP contribution is -2.36. The fourth-order valence-electron chi connectivity index (χ4n) is 3.00. The lowest BCUT2D eigenvalue weighted by molar-refractivity contribution is 0.268. The van der Waals surface area contributed by atoms with Crippen LogP contribution < -0.4 is 5.32 Å². The van der Waals surface area contributed by atoms with Gasteiger partial charge >= 0.3 is 0 Å². The van der Waals surface area contributed by atoms with E-state index in [9.17, 15) is 0 Å². The van der Waals surface area contributed by atoms with E-state index < -0.39 is 0 Å². The maximum atomic E-state index is 3.91. The Labute approximate surface area is 111 Å². The van der Waals surface area contributed by atoms with Crippen LogP contribution in [0.4, 0.5) is 0 Å². The minimum absolute atomic E-state index is 0.614. The van der Waals surface area contributed by atoms with Gasteiger partial charge < -0.3 is 5.32 Å². The molecule has 1 aromatic carbocycles. The molecule has 0 spiro atoms. The van der Waals surface area contributed by atoms with Crippen molar-refractivity contribution < 1.29 is 0 Å². The van der Waals surface area contributed by atoms with Crippen LogP contribution in [0.15, 0.2) is 43.0 Å². The predicted octanol–water partition coefficient (Wildman–Crippen LogP) is 4.30. The normalized spacial score (nSPS) is 18.4. The Morgan fingerprint density at radius 1 is 1.17 bits per heavy atom. The van der Waals surface area contributed by atoms with E-state index in [1.807, 2.05) is 0 Å². The molecule has 1 unspecified atom stereocenters. The molecule has 0 bridgehead atoms. The molecule has 1 atom stereocenters. The van der Waals surface area contributed by atoms with Gasteiger partial charge in [-0.25, -0.2) is 0 Å². The Balaban J connectivity index is 1.87. The van der Waals surface area contributed by atoms with Crippen LogP contribution in [0.3, 0.4) is 0 Å². The fourth-order valence-corrected chi connectivity index (χ4v) is 3.00. The van der Waals surface area contributed by atoms with E-state index in [2.05, 4.69) is 48.3 Å². The minimum Gasteiger partial charge on any atom is -0.309 e. The molecule has 1 aliphatic carbocycles. The summed E-state index contributed by atoms with van der Waals surface area (Å²) in [5.74, 6) is 0.848. The van der Waals surface area contributed by atoms with E-state index >= 15 is 0 Å². The molecule has 0 aliphatic heterocycles. The first-order valence-corrected chi connectivity index (χ1v) is 7.28. The van der Waals surface area contributed by atoms with Crippen molar-refractivity contribution in [3.63, 3.8) is 0 Å². The highest BCUT2D eigenvalue weighted by molar-refractivity contribution is 5.14. The molecule has 0 heterocycles. The largest absolute Gasteiger partial charge is 0.309 e. The van der Waals surface area contributed by atoms with Gasteiger partial charge in [-0.2, -0.15) is 0 Å². The molecule has 1 fully saturated rings. The summed E-state index contributed by atoms with van der Waals surface area (Å²) in [7, 11) is 0. The molecule has 98 valence electrons. The Morgan fingerprint density at radius 2 is 1.89 bits per heavy atom. The summed E-state index contributed by atoms with van der Waals surface area (Å²) < 4.78 is 0. The van der Waals surface area contributed by atoms with Gasteiger partial charge in [0.1, 0.15) is 0 Å². The van der Waals surface area contributed by atoms with Crippen LogP contribution in [0.1, 0.15) is 44.1 Å². The van der Waals surface area contributed by atoms with Gasteiger partial charge in [0.05, 0.1) is 0 Å². The third-order valence-corrected chi connectivity index (χ3v) is 4.05. The summed E-state index contributed by atoms with van der Waals surface area (Å²) in [5.41, 5.74) is 1.38. The van der Waals surface area contributed by atoms with Crippen molar-refractivity contribution in [3.05, 3.63) is 48.6 Å². The molecule has 1 saturated carbocycles. The van der Waals surface area contributed by atoms with Gasteiger partial charge in [0.15, 0.2) is 0 Å². The summed E-state index contributed by atoms with van der Waals surface area (Å²) in [4.78, 5) is 0. The standard InChI is InChI=1S/C17H25N/c1-2-9-17(16-12-7-4-8-13-16)18-14-15-10-5-3-6-11-15/h2-3,5-6,10-11,16-18H,1,4,7-9,12-14H2. The van der Waals surface area contributed by atoms with Gasteiger partial charge in [0, 0.05) is 12.6 Å². The van der Waals surface area contributed by atoms with Crippen molar-refractivity contribution >= 4 is 0 Å². The third-order valence-electron chi connectivity index (χ3n) is 4.05. The van der Waals surface area contributed by atoms with Crippen molar-refractivity contribution in [2.24, 2.45) is 5.92 Å². The first-order valence-electron chi connectivity index (χ1n) is 7.28. The number of benzene rings is 1. The molecular formula is C17H25N. The Hall–Kier alpha value is -1.08. The number of hydrogen-bond donors (Lipinski definition) is 1. The molecule has 1 aliphatic rings. The molecule has 1 N–H and O–H groups in total. The smallest absolute Gasteiger partial charge is 0.0208 e. The zero-order valence-corrected chi connectivity index (χ0v) is 11.3. The Kier molecular flexibility index (Phi) is 5.47. The molecule has 0 amide bonds. The molecule has 1 heteroatoms. The summed E-state index contributed by atoms with van der Waals surface area (Å²) in [6, 6.07) is 11.3. The molecule has 1 aromatic rings. The van der Waals surface area contributed by atoms with Crippen LogP contribution >= 0.6 is 0 Å². The van der Waals surface area contributed by atoms with Gasteiger partial charge in [0.2, 0.25) is 0 Å². The quantitative estimate of drug-likeness (QED) is 0.734. The van der Waals surface area contributed by atoms with E-state index in [1.165, 1.54) is 37.7 Å². The summed E-state index contributed by atoms with van der Waals surface area (Å²) in [6.45, 7) is 4.89. The topological polar surface area (TPSA) is 12.0 Å². The summed E-state index contributed by atoms with van der Waals surface area (Å²) in [5, 5.41) is 3.74. The van der Waals surface area contributed by atoms with Crippen molar-refractivity contribution in [2.45, 2.75) is 51.1 Å². The summed E-state index contributed by atoms with van der Waals surface area (Å²) >= 11 is 0. The molecule has 18 heavy (non-hydrogen) atoms. The molecule has 1 nitrogen and oxygen atoms in total. The highest BCUT2D eigenvalue weighted by Crippen LogP contribution is 2.28. The lowest BCUT2D eigenvalue weighted by atomic mass is 9.82. The third kappa shape index (κ3) is 3.99. The van der Waals surface area contributed by atoms with Crippen LogP contribution in [-0.4, -0.2) is 6.04 Å². The Bertz CT molecular complexity index is 338. The van der Waals surface area contributed by atoms with Crippen LogP contribution in [0.5, 0.6) is 0 Å². The number of rotatable bonds is 6. The van der Waals surface area contributed by atoms with E-state index in [1.54, 1.807) is 0 Å². The van der Waals surface area contributed by atoms with E-state index in [4.69, 9.17) is 0 Å². The SMILES string of the molecule is C=CCC(NCc1ccccc1)C1CCCCC1. The Morgan fingerprint density at radius 3 is 2.56 bits per heavy atom. The van der Waals surface area contributed by atoms with Crippen LogP contribution in [0, 0.1) is 5.92 Å². The van der Waals surface area contributed by atoms with Crippen LogP contribution in [0.2, 0.25) is 0 Å². The van der Waals surface area contributed by atoms with Crippen LogP contribution in [-0.2, 0) is 6.54 Å². The molecule has 2 rings (SSSR count). The highest BCUT2D eigenvalue weighted by atomic mass is 14.9. The van der Waals surface area contributed by atoms with Crippen molar-refractivity contribution in [3.8, 4) is 0 Å². The second-order valence-electron chi connectivity index (χ2n) is 5.40. The van der Waals surface area contributed by atoms with E-state index in [0.29, 0.717) is 6.04 Å². The lowest BCUT2D eigenvalue weighted by Gasteiger charge is -2.30.